The predicted molar refractivity (Wildman–Crippen MR) is 93.4 cm³/mol. The van der Waals surface area contributed by atoms with Gasteiger partial charge in [0.2, 0.25) is 0 Å². The molecule has 3 heteroatoms. The Kier molecular flexibility index (Phi) is 5.03. The molecule has 2 rings (SSSR count). The standard InChI is InChI=1S/C16H17BrIN/c1-10-4-3-5-11(2)13(10)9-16(19)14-8-12(18)6-7-15(14)17/h3-8,16H,9,19H2,1-2H3. The number of nitrogens with two attached hydrogens (primary N) is 1. The second-order valence-electron chi connectivity index (χ2n) is 4.85. The molecule has 0 bridgehead atoms. The minimum Gasteiger partial charge on any atom is -0.324 e. The fourth-order valence-corrected chi connectivity index (χ4v) is 3.36. The molecular weight excluding hydrogens is 413 g/mol. The van der Waals surface area contributed by atoms with Crippen LogP contribution in [-0.2, 0) is 6.42 Å². The smallest absolute Gasteiger partial charge is 0.0347 e. The van der Waals surface area contributed by atoms with Gasteiger partial charge in [0, 0.05) is 14.1 Å². The maximum Gasteiger partial charge on any atom is 0.0347 e. The summed E-state index contributed by atoms with van der Waals surface area (Å²) in [6, 6.07) is 12.7. The van der Waals surface area contributed by atoms with Crippen LogP contribution in [0, 0.1) is 17.4 Å². The summed E-state index contributed by atoms with van der Waals surface area (Å²) >= 11 is 5.92. The Morgan fingerprint density at radius 2 is 1.79 bits per heavy atom. The molecule has 0 aromatic heterocycles. The van der Waals surface area contributed by atoms with Crippen LogP contribution in [0.25, 0.3) is 0 Å². The number of hydrogen-bond donors (Lipinski definition) is 1. The Labute approximate surface area is 136 Å². The van der Waals surface area contributed by atoms with Crippen LogP contribution in [0.2, 0.25) is 0 Å². The van der Waals surface area contributed by atoms with E-state index in [4.69, 9.17) is 5.73 Å². The average Bonchev–Trinajstić information content (AvgIpc) is 2.37. The topological polar surface area (TPSA) is 26.0 Å². The molecule has 0 saturated carbocycles. The highest BCUT2D eigenvalue weighted by atomic mass is 127. The summed E-state index contributed by atoms with van der Waals surface area (Å²) in [6.45, 7) is 4.30. The molecule has 2 aromatic carbocycles. The van der Waals surface area contributed by atoms with Crippen LogP contribution in [0.15, 0.2) is 40.9 Å². The van der Waals surface area contributed by atoms with E-state index >= 15 is 0 Å². The third-order valence-electron chi connectivity index (χ3n) is 3.43. The number of rotatable bonds is 3. The number of halogens is 2. The van der Waals surface area contributed by atoms with E-state index in [-0.39, 0.29) is 6.04 Å². The Morgan fingerprint density at radius 3 is 2.42 bits per heavy atom. The number of aryl methyl sites for hydroxylation is 2. The number of benzene rings is 2. The Bertz CT molecular complexity index is 575. The van der Waals surface area contributed by atoms with E-state index in [0.717, 1.165) is 10.9 Å². The van der Waals surface area contributed by atoms with Gasteiger partial charge >= 0.3 is 0 Å². The van der Waals surface area contributed by atoms with E-state index in [9.17, 15) is 0 Å². The first kappa shape index (κ1) is 15.0. The van der Waals surface area contributed by atoms with Crippen molar-refractivity contribution in [1.29, 1.82) is 0 Å². The maximum absolute atomic E-state index is 6.40. The molecule has 19 heavy (non-hydrogen) atoms. The van der Waals surface area contributed by atoms with Crippen LogP contribution >= 0.6 is 38.5 Å². The second-order valence-corrected chi connectivity index (χ2v) is 6.95. The van der Waals surface area contributed by atoms with Gasteiger partial charge in [-0.2, -0.15) is 0 Å². The van der Waals surface area contributed by atoms with Gasteiger partial charge in [0.25, 0.3) is 0 Å². The van der Waals surface area contributed by atoms with Crippen molar-refractivity contribution in [1.82, 2.24) is 0 Å². The van der Waals surface area contributed by atoms with Gasteiger partial charge in [-0.25, -0.2) is 0 Å². The third kappa shape index (κ3) is 3.58. The molecule has 0 aliphatic rings. The summed E-state index contributed by atoms with van der Waals surface area (Å²) < 4.78 is 2.31. The lowest BCUT2D eigenvalue weighted by Crippen LogP contribution is -2.15. The summed E-state index contributed by atoms with van der Waals surface area (Å²) in [5.74, 6) is 0. The molecule has 2 N–H and O–H groups in total. The molecular formula is C16H17BrIN. The van der Waals surface area contributed by atoms with E-state index in [0.29, 0.717) is 0 Å². The molecule has 1 atom stereocenters. The van der Waals surface area contributed by atoms with E-state index in [1.54, 1.807) is 0 Å². The first-order chi connectivity index (χ1) is 8.99. The summed E-state index contributed by atoms with van der Waals surface area (Å²) in [6.07, 6.45) is 0.872. The molecule has 0 fully saturated rings. The van der Waals surface area contributed by atoms with Gasteiger partial charge in [-0.1, -0.05) is 34.1 Å². The van der Waals surface area contributed by atoms with Crippen molar-refractivity contribution in [2.24, 2.45) is 5.73 Å². The average molecular weight is 430 g/mol. The highest BCUT2D eigenvalue weighted by molar-refractivity contribution is 14.1. The molecule has 2 aromatic rings. The van der Waals surface area contributed by atoms with Gasteiger partial charge < -0.3 is 5.73 Å². The van der Waals surface area contributed by atoms with Crippen molar-refractivity contribution in [3.8, 4) is 0 Å². The lowest BCUT2D eigenvalue weighted by atomic mass is 9.93. The van der Waals surface area contributed by atoms with Gasteiger partial charge in [-0.3, -0.25) is 0 Å². The van der Waals surface area contributed by atoms with Gasteiger partial charge in [-0.15, -0.1) is 0 Å². The third-order valence-corrected chi connectivity index (χ3v) is 4.82. The zero-order valence-corrected chi connectivity index (χ0v) is 14.8. The van der Waals surface area contributed by atoms with Crippen LogP contribution in [-0.4, -0.2) is 0 Å². The van der Waals surface area contributed by atoms with Crippen LogP contribution in [0.1, 0.15) is 28.3 Å². The van der Waals surface area contributed by atoms with Crippen molar-refractivity contribution in [3.05, 3.63) is 66.7 Å². The van der Waals surface area contributed by atoms with Crippen molar-refractivity contribution in [2.75, 3.05) is 0 Å². The Balaban J connectivity index is 2.31. The summed E-state index contributed by atoms with van der Waals surface area (Å²) in [5, 5.41) is 0. The molecule has 1 nitrogen and oxygen atoms in total. The predicted octanol–water partition coefficient (Wildman–Crippen LogP) is 4.91. The van der Waals surface area contributed by atoms with Gasteiger partial charge in [0.05, 0.1) is 0 Å². The summed E-state index contributed by atoms with van der Waals surface area (Å²) in [4.78, 5) is 0. The molecule has 0 saturated heterocycles. The molecule has 0 heterocycles. The SMILES string of the molecule is Cc1cccc(C)c1CC(N)c1cc(I)ccc1Br. The van der Waals surface area contributed by atoms with Crippen molar-refractivity contribution < 1.29 is 0 Å². The molecule has 0 aliphatic carbocycles. The summed E-state index contributed by atoms with van der Waals surface area (Å²) in [5.41, 5.74) is 11.6. The lowest BCUT2D eigenvalue weighted by molar-refractivity contribution is 0.711. The molecule has 100 valence electrons. The Hall–Kier alpha value is -0.390. The zero-order valence-electron chi connectivity index (χ0n) is 11.1. The fraction of sp³-hybridized carbons (Fsp3) is 0.250. The second kappa shape index (κ2) is 6.37. The van der Waals surface area contributed by atoms with E-state index < -0.39 is 0 Å². The largest absolute Gasteiger partial charge is 0.324 e. The zero-order chi connectivity index (χ0) is 14.0. The first-order valence-electron chi connectivity index (χ1n) is 6.24. The molecule has 0 aliphatic heterocycles. The van der Waals surface area contributed by atoms with E-state index in [1.165, 1.54) is 25.8 Å². The monoisotopic (exact) mass is 429 g/mol. The van der Waals surface area contributed by atoms with Crippen LogP contribution in [0.3, 0.4) is 0 Å². The van der Waals surface area contributed by atoms with E-state index in [2.05, 4.69) is 88.8 Å². The van der Waals surface area contributed by atoms with E-state index in [1.807, 2.05) is 0 Å². The van der Waals surface area contributed by atoms with Crippen molar-refractivity contribution in [2.45, 2.75) is 26.3 Å². The quantitative estimate of drug-likeness (QED) is 0.689. The maximum atomic E-state index is 6.40. The van der Waals surface area contributed by atoms with Crippen LogP contribution in [0.5, 0.6) is 0 Å². The van der Waals surface area contributed by atoms with Crippen molar-refractivity contribution >= 4 is 38.5 Å². The molecule has 0 spiro atoms. The lowest BCUT2D eigenvalue weighted by Gasteiger charge is -2.17. The van der Waals surface area contributed by atoms with Gasteiger partial charge in [0.1, 0.15) is 0 Å². The normalized spacial score (nSPS) is 12.5. The van der Waals surface area contributed by atoms with Gasteiger partial charge in [-0.05, 0) is 83.3 Å². The fourth-order valence-electron chi connectivity index (χ4n) is 2.30. The minimum atomic E-state index is 0.0175. The highest BCUT2D eigenvalue weighted by Gasteiger charge is 2.13. The van der Waals surface area contributed by atoms with Crippen LogP contribution < -0.4 is 5.73 Å². The van der Waals surface area contributed by atoms with Gasteiger partial charge in [0.15, 0.2) is 0 Å². The highest BCUT2D eigenvalue weighted by Crippen LogP contribution is 2.28. The van der Waals surface area contributed by atoms with Crippen LogP contribution in [0.4, 0.5) is 0 Å². The minimum absolute atomic E-state index is 0.0175. The summed E-state index contributed by atoms with van der Waals surface area (Å²) in [7, 11) is 0. The first-order valence-corrected chi connectivity index (χ1v) is 8.12. The molecule has 0 amide bonds. The molecule has 0 radical (unpaired) electrons. The molecule has 1 unspecified atom stereocenters. The van der Waals surface area contributed by atoms with Crippen molar-refractivity contribution in [3.63, 3.8) is 0 Å². The number of hydrogen-bond acceptors (Lipinski definition) is 1. The Morgan fingerprint density at radius 1 is 1.16 bits per heavy atom.